The van der Waals surface area contributed by atoms with Crippen molar-refractivity contribution in [2.75, 3.05) is 12.5 Å². The molecule has 0 amide bonds. The van der Waals surface area contributed by atoms with Gasteiger partial charge >= 0.3 is 0 Å². The average molecular weight is 270 g/mol. The van der Waals surface area contributed by atoms with E-state index in [0.29, 0.717) is 5.95 Å². The number of hydrazone groups is 1. The predicted molar refractivity (Wildman–Crippen MR) is 80.3 cm³/mol. The fourth-order valence-electron chi connectivity index (χ4n) is 1.81. The Labute approximate surface area is 118 Å². The van der Waals surface area contributed by atoms with Crippen LogP contribution < -0.4 is 10.2 Å². The van der Waals surface area contributed by atoms with Crippen LogP contribution in [0.5, 0.6) is 5.75 Å². The lowest BCUT2D eigenvalue weighted by Crippen LogP contribution is -2.03. The van der Waals surface area contributed by atoms with Gasteiger partial charge in [0.2, 0.25) is 5.95 Å². The van der Waals surface area contributed by atoms with Crippen LogP contribution in [0.3, 0.4) is 0 Å². The first-order valence-corrected chi connectivity index (χ1v) is 6.35. The summed E-state index contributed by atoms with van der Waals surface area (Å²) < 4.78 is 5.13. The molecule has 0 saturated carbocycles. The highest BCUT2D eigenvalue weighted by Gasteiger charge is 2.00. The Morgan fingerprint density at radius 1 is 1.10 bits per heavy atom. The number of aromatic nitrogens is 2. The second-order valence-electron chi connectivity index (χ2n) is 4.51. The molecule has 0 radical (unpaired) electrons. The first kappa shape index (κ1) is 14.0. The Balaban J connectivity index is 2.13. The quantitative estimate of drug-likeness (QED) is 0.685. The molecular weight excluding hydrogens is 252 g/mol. The van der Waals surface area contributed by atoms with Crippen LogP contribution in [0.2, 0.25) is 0 Å². The largest absolute Gasteiger partial charge is 0.497 e. The molecule has 20 heavy (non-hydrogen) atoms. The van der Waals surface area contributed by atoms with Crippen LogP contribution in [0.1, 0.15) is 23.9 Å². The van der Waals surface area contributed by atoms with Crippen molar-refractivity contribution in [3.05, 3.63) is 47.3 Å². The lowest BCUT2D eigenvalue weighted by atomic mass is 10.1. The van der Waals surface area contributed by atoms with Crippen molar-refractivity contribution in [3.63, 3.8) is 0 Å². The molecule has 2 aromatic rings. The molecule has 2 rings (SSSR count). The molecule has 0 bridgehead atoms. The first-order valence-electron chi connectivity index (χ1n) is 6.35. The summed E-state index contributed by atoms with van der Waals surface area (Å²) in [5, 5.41) is 4.30. The third-order valence-corrected chi connectivity index (χ3v) is 2.81. The summed E-state index contributed by atoms with van der Waals surface area (Å²) in [7, 11) is 1.65. The normalized spacial score (nSPS) is 11.3. The molecule has 1 aromatic heterocycles. The molecule has 1 heterocycles. The van der Waals surface area contributed by atoms with Gasteiger partial charge in [0.05, 0.1) is 12.8 Å². The maximum atomic E-state index is 5.13. The average Bonchev–Trinajstić information content (AvgIpc) is 2.44. The van der Waals surface area contributed by atoms with E-state index in [9.17, 15) is 0 Å². The van der Waals surface area contributed by atoms with Gasteiger partial charge in [-0.1, -0.05) is 0 Å². The molecule has 0 spiro atoms. The number of benzene rings is 1. The third kappa shape index (κ3) is 3.54. The Morgan fingerprint density at radius 3 is 2.25 bits per heavy atom. The second-order valence-corrected chi connectivity index (χ2v) is 4.51. The van der Waals surface area contributed by atoms with Gasteiger partial charge < -0.3 is 4.74 Å². The van der Waals surface area contributed by atoms with Crippen LogP contribution in [0, 0.1) is 13.8 Å². The van der Waals surface area contributed by atoms with Gasteiger partial charge in [0, 0.05) is 11.4 Å². The number of methoxy groups -OCH3 is 1. The van der Waals surface area contributed by atoms with Crippen LogP contribution in [0.15, 0.2) is 35.4 Å². The van der Waals surface area contributed by atoms with E-state index >= 15 is 0 Å². The smallest absolute Gasteiger partial charge is 0.243 e. The molecule has 0 unspecified atom stereocenters. The summed E-state index contributed by atoms with van der Waals surface area (Å²) in [6.45, 7) is 5.79. The van der Waals surface area contributed by atoms with Crippen LogP contribution in [0.4, 0.5) is 5.95 Å². The lowest BCUT2D eigenvalue weighted by molar-refractivity contribution is 0.415. The number of nitrogens with one attached hydrogen (secondary N) is 1. The minimum atomic E-state index is 0.510. The highest BCUT2D eigenvalue weighted by Crippen LogP contribution is 2.12. The molecular formula is C15H18N4O. The maximum absolute atomic E-state index is 5.13. The zero-order valence-corrected chi connectivity index (χ0v) is 12.1. The summed E-state index contributed by atoms with van der Waals surface area (Å²) in [6, 6.07) is 9.65. The summed E-state index contributed by atoms with van der Waals surface area (Å²) >= 11 is 0. The van der Waals surface area contributed by atoms with Crippen molar-refractivity contribution in [2.45, 2.75) is 20.8 Å². The van der Waals surface area contributed by atoms with Gasteiger partial charge in [-0.25, -0.2) is 15.4 Å². The second kappa shape index (κ2) is 6.14. The van der Waals surface area contributed by atoms with E-state index in [1.807, 2.05) is 51.1 Å². The first-order chi connectivity index (χ1) is 9.58. The predicted octanol–water partition coefficient (Wildman–Crippen LogP) is 2.94. The number of hydrogen-bond donors (Lipinski definition) is 1. The van der Waals surface area contributed by atoms with Crippen molar-refractivity contribution in [1.82, 2.24) is 9.97 Å². The number of nitrogens with zero attached hydrogens (tertiary/aromatic N) is 3. The molecule has 104 valence electrons. The molecule has 0 saturated heterocycles. The van der Waals surface area contributed by atoms with Crippen molar-refractivity contribution < 1.29 is 4.74 Å². The topological polar surface area (TPSA) is 59.4 Å². The Bertz CT molecular complexity index is 600. The monoisotopic (exact) mass is 270 g/mol. The molecule has 5 heteroatoms. The van der Waals surface area contributed by atoms with Crippen molar-refractivity contribution in [2.24, 2.45) is 5.10 Å². The van der Waals surface area contributed by atoms with Gasteiger partial charge in [-0.15, -0.1) is 0 Å². The van der Waals surface area contributed by atoms with Gasteiger partial charge in [-0.05, 0) is 56.7 Å². The number of ether oxygens (including phenoxy) is 1. The SMILES string of the molecule is COc1ccc(/C(C)=N\Nc2nc(C)cc(C)n2)cc1. The van der Waals surface area contributed by atoms with Crippen molar-refractivity contribution >= 4 is 11.7 Å². The van der Waals surface area contributed by atoms with Gasteiger partial charge in [0.1, 0.15) is 5.75 Å². The maximum Gasteiger partial charge on any atom is 0.243 e. The van der Waals surface area contributed by atoms with E-state index in [1.54, 1.807) is 7.11 Å². The number of anilines is 1. The van der Waals surface area contributed by atoms with Gasteiger partial charge in [0.25, 0.3) is 0 Å². The summed E-state index contributed by atoms with van der Waals surface area (Å²) in [6.07, 6.45) is 0. The van der Waals surface area contributed by atoms with Crippen molar-refractivity contribution in [3.8, 4) is 5.75 Å². The van der Waals surface area contributed by atoms with E-state index in [2.05, 4.69) is 20.5 Å². The van der Waals surface area contributed by atoms with Crippen LogP contribution in [-0.2, 0) is 0 Å². The molecule has 0 fully saturated rings. The fraction of sp³-hybridized carbons (Fsp3) is 0.267. The summed E-state index contributed by atoms with van der Waals surface area (Å²) in [5.74, 6) is 1.34. The van der Waals surface area contributed by atoms with Gasteiger partial charge in [-0.2, -0.15) is 5.10 Å². The summed E-state index contributed by atoms with van der Waals surface area (Å²) in [5.41, 5.74) is 6.59. The van der Waals surface area contributed by atoms with Gasteiger partial charge in [0.15, 0.2) is 0 Å². The summed E-state index contributed by atoms with van der Waals surface area (Å²) in [4.78, 5) is 8.56. The Morgan fingerprint density at radius 2 is 1.70 bits per heavy atom. The minimum Gasteiger partial charge on any atom is -0.497 e. The molecule has 5 nitrogen and oxygen atoms in total. The third-order valence-electron chi connectivity index (χ3n) is 2.81. The minimum absolute atomic E-state index is 0.510. The lowest BCUT2D eigenvalue weighted by Gasteiger charge is -2.05. The van der Waals surface area contributed by atoms with E-state index in [4.69, 9.17) is 4.74 Å². The standard InChI is InChI=1S/C15H18N4O/c1-10-9-11(2)17-15(16-10)19-18-12(3)13-5-7-14(20-4)8-6-13/h5-9H,1-4H3,(H,16,17,19)/b18-12-. The number of aryl methyl sites for hydroxylation is 2. The number of hydrogen-bond acceptors (Lipinski definition) is 5. The Hall–Kier alpha value is -2.43. The van der Waals surface area contributed by atoms with E-state index in [0.717, 1.165) is 28.4 Å². The highest BCUT2D eigenvalue weighted by atomic mass is 16.5. The molecule has 1 aromatic carbocycles. The van der Waals surface area contributed by atoms with Crippen LogP contribution >= 0.6 is 0 Å². The molecule has 0 aliphatic heterocycles. The fourth-order valence-corrected chi connectivity index (χ4v) is 1.81. The molecule has 1 N–H and O–H groups in total. The van der Waals surface area contributed by atoms with E-state index in [1.165, 1.54) is 0 Å². The number of rotatable bonds is 4. The van der Waals surface area contributed by atoms with E-state index in [-0.39, 0.29) is 0 Å². The van der Waals surface area contributed by atoms with Gasteiger partial charge in [-0.3, -0.25) is 0 Å². The van der Waals surface area contributed by atoms with Crippen LogP contribution in [0.25, 0.3) is 0 Å². The highest BCUT2D eigenvalue weighted by molar-refractivity contribution is 5.99. The zero-order chi connectivity index (χ0) is 14.5. The molecule has 0 aliphatic carbocycles. The molecule has 0 atom stereocenters. The van der Waals surface area contributed by atoms with Crippen LogP contribution in [-0.4, -0.2) is 22.8 Å². The van der Waals surface area contributed by atoms with E-state index < -0.39 is 0 Å². The van der Waals surface area contributed by atoms with Crippen molar-refractivity contribution in [1.29, 1.82) is 0 Å². The Kier molecular flexibility index (Phi) is 4.30. The molecule has 0 aliphatic rings. The zero-order valence-electron chi connectivity index (χ0n) is 12.1.